The maximum absolute atomic E-state index is 8.05. The van der Waals surface area contributed by atoms with E-state index in [0.717, 1.165) is 0 Å². The minimum absolute atomic E-state index is 0.0227. The number of aromatic nitrogens is 3. The summed E-state index contributed by atoms with van der Waals surface area (Å²) in [5, 5.41) is 11.5. The molecule has 3 aromatic rings. The van der Waals surface area contributed by atoms with Crippen molar-refractivity contribution in [2.45, 2.75) is 0 Å². The molecule has 25 heavy (non-hydrogen) atoms. The predicted octanol–water partition coefficient (Wildman–Crippen LogP) is 5.12. The van der Waals surface area contributed by atoms with Gasteiger partial charge < -0.3 is 10.1 Å². The number of ether oxygens (including phenoxy) is 1. The van der Waals surface area contributed by atoms with Crippen molar-refractivity contribution in [2.75, 3.05) is 5.32 Å². The van der Waals surface area contributed by atoms with Crippen molar-refractivity contribution in [2.24, 2.45) is 0 Å². The minimum Gasteiger partial charge on any atom is -0.388 e. The van der Waals surface area contributed by atoms with Crippen LogP contribution in [0.5, 0.6) is 5.75 Å². The summed E-state index contributed by atoms with van der Waals surface area (Å²) in [7, 11) is 0. The quantitative estimate of drug-likeness (QED) is 0.621. The molecular weight excluding hydrogens is 385 g/mol. The Morgan fingerprint density at radius 3 is 2.04 bits per heavy atom. The van der Waals surface area contributed by atoms with Gasteiger partial charge in [-0.05, 0) is 47.5 Å². The number of halogens is 3. The first kappa shape index (κ1) is 18.7. The Balaban J connectivity index is 0.000000212. The zero-order valence-electron chi connectivity index (χ0n) is 12.5. The smallest absolute Gasteiger partial charge is 0.292 e. The molecule has 2 aromatic carbocycles. The second kappa shape index (κ2) is 9.64. The van der Waals surface area contributed by atoms with Crippen molar-refractivity contribution in [3.05, 3.63) is 70.2 Å². The monoisotopic (exact) mass is 393 g/mol. The minimum atomic E-state index is 0.0227. The molecule has 1 N–H and O–H groups in total. The first-order chi connectivity index (χ1) is 12.1. The van der Waals surface area contributed by atoms with E-state index in [-0.39, 0.29) is 16.5 Å². The molecule has 6 nitrogen and oxygen atoms in total. The molecule has 0 aliphatic carbocycles. The highest BCUT2D eigenvalue weighted by molar-refractivity contribution is 6.33. The molecule has 9 heteroatoms. The Hall–Kier alpha value is -2.59. The SMILES string of the molecule is Clc1nc(Cl)nc(Nc2ccccc2Cl)n1.N#COc1ccccc1. The Kier molecular flexibility index (Phi) is 7.23. The van der Waals surface area contributed by atoms with Crippen LogP contribution in [0.1, 0.15) is 0 Å². The van der Waals surface area contributed by atoms with Crippen molar-refractivity contribution in [1.29, 1.82) is 5.26 Å². The van der Waals surface area contributed by atoms with Crippen LogP contribution in [-0.2, 0) is 0 Å². The number of nitrogens with zero attached hydrogens (tertiary/aromatic N) is 4. The van der Waals surface area contributed by atoms with Crippen LogP contribution in [0.3, 0.4) is 0 Å². The summed E-state index contributed by atoms with van der Waals surface area (Å²) < 4.78 is 4.51. The fourth-order valence-electron chi connectivity index (χ4n) is 1.61. The zero-order chi connectivity index (χ0) is 18.1. The van der Waals surface area contributed by atoms with Gasteiger partial charge in [0.2, 0.25) is 16.5 Å². The summed E-state index contributed by atoms with van der Waals surface area (Å²) in [5.41, 5.74) is 0.669. The van der Waals surface area contributed by atoms with E-state index in [0.29, 0.717) is 16.5 Å². The molecule has 0 amide bonds. The molecule has 126 valence electrons. The first-order valence-corrected chi connectivity index (χ1v) is 7.91. The second-order valence-corrected chi connectivity index (χ2v) is 5.39. The number of nitrogens with one attached hydrogen (secondary N) is 1. The summed E-state index contributed by atoms with van der Waals surface area (Å²) in [5.74, 6) is 0.832. The van der Waals surface area contributed by atoms with Gasteiger partial charge >= 0.3 is 0 Å². The second-order valence-electron chi connectivity index (χ2n) is 4.31. The van der Waals surface area contributed by atoms with E-state index < -0.39 is 0 Å². The van der Waals surface area contributed by atoms with E-state index in [4.69, 9.17) is 40.1 Å². The lowest BCUT2D eigenvalue weighted by molar-refractivity contribution is 0.507. The van der Waals surface area contributed by atoms with Crippen molar-refractivity contribution in [3.63, 3.8) is 0 Å². The summed E-state index contributed by atoms with van der Waals surface area (Å²) in [6.07, 6.45) is 1.58. The number of hydrogen-bond acceptors (Lipinski definition) is 6. The lowest BCUT2D eigenvalue weighted by atomic mass is 10.3. The number of para-hydroxylation sites is 2. The molecule has 0 atom stereocenters. The van der Waals surface area contributed by atoms with Gasteiger partial charge in [-0.25, -0.2) is 0 Å². The Morgan fingerprint density at radius 1 is 0.840 bits per heavy atom. The van der Waals surface area contributed by atoms with E-state index in [1.54, 1.807) is 30.5 Å². The van der Waals surface area contributed by atoms with Gasteiger partial charge in [0, 0.05) is 0 Å². The third-order valence-corrected chi connectivity index (χ3v) is 3.28. The maximum atomic E-state index is 8.05. The molecule has 0 bridgehead atoms. The molecule has 0 saturated carbocycles. The van der Waals surface area contributed by atoms with E-state index in [2.05, 4.69) is 25.0 Å². The standard InChI is InChI=1S/C9H5Cl3N4.C7H5NO/c10-5-3-1-2-4-6(5)13-9-15-7(11)14-8(12)16-9;8-6-9-7-4-2-1-3-5-7/h1-4H,(H,13,14,15,16);1-5H. The van der Waals surface area contributed by atoms with Gasteiger partial charge in [-0.2, -0.15) is 15.0 Å². The number of rotatable bonds is 3. The lowest BCUT2D eigenvalue weighted by Crippen LogP contribution is -1.99. The van der Waals surface area contributed by atoms with Gasteiger partial charge in [-0.3, -0.25) is 0 Å². The molecule has 1 aromatic heterocycles. The Labute approximate surface area is 159 Å². The average Bonchev–Trinajstić information content (AvgIpc) is 2.58. The van der Waals surface area contributed by atoms with Gasteiger partial charge in [0.15, 0.2) is 0 Å². The van der Waals surface area contributed by atoms with Crippen LogP contribution >= 0.6 is 34.8 Å². The van der Waals surface area contributed by atoms with Crippen LogP contribution in [0, 0.1) is 11.5 Å². The van der Waals surface area contributed by atoms with E-state index in [1.165, 1.54) is 0 Å². The fourth-order valence-corrected chi connectivity index (χ4v) is 2.15. The molecule has 0 radical (unpaired) electrons. The highest BCUT2D eigenvalue weighted by Crippen LogP contribution is 2.23. The van der Waals surface area contributed by atoms with Gasteiger partial charge in [0.05, 0.1) is 10.7 Å². The highest BCUT2D eigenvalue weighted by Gasteiger charge is 2.05. The van der Waals surface area contributed by atoms with Crippen LogP contribution in [0.4, 0.5) is 11.6 Å². The number of nitriles is 1. The normalized spacial score (nSPS) is 9.36. The lowest BCUT2D eigenvalue weighted by Gasteiger charge is -2.06. The molecule has 0 fully saturated rings. The van der Waals surface area contributed by atoms with Crippen LogP contribution in [-0.4, -0.2) is 15.0 Å². The van der Waals surface area contributed by atoms with Crippen molar-refractivity contribution >= 4 is 46.4 Å². The molecule has 0 aliphatic heterocycles. The molecule has 0 unspecified atom stereocenters. The van der Waals surface area contributed by atoms with Crippen LogP contribution in [0.2, 0.25) is 15.6 Å². The largest absolute Gasteiger partial charge is 0.388 e. The molecule has 0 aliphatic rings. The summed E-state index contributed by atoms with van der Waals surface area (Å²) >= 11 is 17.2. The highest BCUT2D eigenvalue weighted by atomic mass is 35.5. The van der Waals surface area contributed by atoms with E-state index in [9.17, 15) is 0 Å². The Bertz CT molecular complexity index is 851. The van der Waals surface area contributed by atoms with Gasteiger partial charge in [-0.1, -0.05) is 41.9 Å². The van der Waals surface area contributed by atoms with Crippen molar-refractivity contribution < 1.29 is 4.74 Å². The first-order valence-electron chi connectivity index (χ1n) is 6.78. The van der Waals surface area contributed by atoms with E-state index in [1.807, 2.05) is 30.3 Å². The zero-order valence-corrected chi connectivity index (χ0v) is 14.8. The summed E-state index contributed by atoms with van der Waals surface area (Å²) in [4.78, 5) is 11.4. The molecule has 1 heterocycles. The fraction of sp³-hybridized carbons (Fsp3) is 0. The molecule has 0 saturated heterocycles. The van der Waals surface area contributed by atoms with E-state index >= 15 is 0 Å². The maximum Gasteiger partial charge on any atom is 0.292 e. The van der Waals surface area contributed by atoms with Gasteiger partial charge in [0.25, 0.3) is 6.26 Å². The van der Waals surface area contributed by atoms with Crippen molar-refractivity contribution in [1.82, 2.24) is 15.0 Å². The molecule has 3 rings (SSSR count). The van der Waals surface area contributed by atoms with Crippen molar-refractivity contribution in [3.8, 4) is 12.0 Å². The van der Waals surface area contributed by atoms with Gasteiger partial charge in [0.1, 0.15) is 5.75 Å². The summed E-state index contributed by atoms with van der Waals surface area (Å²) in [6.45, 7) is 0. The van der Waals surface area contributed by atoms with Crippen LogP contribution in [0.15, 0.2) is 54.6 Å². The Morgan fingerprint density at radius 2 is 1.44 bits per heavy atom. The number of hydrogen-bond donors (Lipinski definition) is 1. The third-order valence-electron chi connectivity index (χ3n) is 2.61. The third kappa shape index (κ3) is 6.43. The number of benzene rings is 2. The molecular formula is C16H10Cl3N5O. The van der Waals surface area contributed by atoms with Crippen LogP contribution in [0.25, 0.3) is 0 Å². The van der Waals surface area contributed by atoms with Crippen LogP contribution < -0.4 is 10.1 Å². The number of anilines is 2. The van der Waals surface area contributed by atoms with Gasteiger partial charge in [-0.15, -0.1) is 5.26 Å². The molecule has 0 spiro atoms. The topological polar surface area (TPSA) is 83.7 Å². The average molecular weight is 395 g/mol. The summed E-state index contributed by atoms with van der Waals surface area (Å²) in [6, 6.07) is 16.1. The predicted molar refractivity (Wildman–Crippen MR) is 97.3 cm³/mol.